The number of nitrogens with zero attached hydrogens (tertiary/aromatic N) is 3. The molecule has 1 aliphatic rings. The molecule has 246 valence electrons. The highest BCUT2D eigenvalue weighted by Gasteiger charge is 2.47. The van der Waals surface area contributed by atoms with Gasteiger partial charge in [-0.1, -0.05) is 140 Å². The Hall–Kier alpha value is -7.15. The fourth-order valence-electron chi connectivity index (χ4n) is 8.50. The molecule has 1 aliphatic carbocycles. The van der Waals surface area contributed by atoms with Crippen LogP contribution in [0, 0.1) is 11.3 Å². The van der Waals surface area contributed by atoms with E-state index in [4.69, 9.17) is 4.98 Å². The van der Waals surface area contributed by atoms with Crippen LogP contribution in [0.25, 0.3) is 66.3 Å². The fourth-order valence-corrected chi connectivity index (χ4v) is 8.50. The molecule has 10 rings (SSSR count). The second-order valence-corrected chi connectivity index (χ2v) is 13.6. The van der Waals surface area contributed by atoms with Crippen LogP contribution < -0.4 is 0 Å². The maximum absolute atomic E-state index is 9.55. The Morgan fingerprint density at radius 3 is 1.89 bits per heavy atom. The predicted octanol–water partition coefficient (Wildman–Crippen LogP) is 12.0. The molecule has 7 aromatic carbocycles. The van der Waals surface area contributed by atoms with Crippen LogP contribution in [0.5, 0.6) is 0 Å². The quantitative estimate of drug-likeness (QED) is 0.183. The highest BCUT2D eigenvalue weighted by atomic mass is 14.7. The van der Waals surface area contributed by atoms with E-state index < -0.39 is 5.41 Å². The van der Waals surface area contributed by atoms with Crippen LogP contribution >= 0.6 is 0 Å². The third kappa shape index (κ3) is 4.81. The molecule has 3 nitrogen and oxygen atoms in total. The Morgan fingerprint density at radius 1 is 0.453 bits per heavy atom. The zero-order valence-corrected chi connectivity index (χ0v) is 28.7. The van der Waals surface area contributed by atoms with Gasteiger partial charge in [0.2, 0.25) is 0 Å². The van der Waals surface area contributed by atoms with Gasteiger partial charge in [-0.25, -0.2) is 9.97 Å². The van der Waals surface area contributed by atoms with Gasteiger partial charge in [0.1, 0.15) is 11.8 Å². The lowest BCUT2D eigenvalue weighted by molar-refractivity contribution is 0.769. The van der Waals surface area contributed by atoms with Crippen LogP contribution in [-0.4, -0.2) is 9.97 Å². The van der Waals surface area contributed by atoms with Crippen LogP contribution in [-0.2, 0) is 5.41 Å². The molecule has 2 aromatic heterocycles. The summed E-state index contributed by atoms with van der Waals surface area (Å²) in [5.74, 6) is 0. The Morgan fingerprint density at radius 2 is 1.11 bits per heavy atom. The number of fused-ring (bicyclic) bond motifs is 6. The number of benzene rings is 7. The standard InChI is InChI=1S/C50H31N3/c51-32-40-29-37(26-27-52-40)47-20-11-21-48(53-47)44-31-46-49(42-19-10-9-18-41(42)44)43-25-24-36(35-23-22-33-12-7-8-13-34(33)28-35)30-45(43)50(46,38-14-3-1-4-15-38)39-16-5-2-6-17-39/h1-31H. The van der Waals surface area contributed by atoms with Gasteiger partial charge >= 0.3 is 0 Å². The maximum Gasteiger partial charge on any atom is 0.141 e. The fraction of sp³-hybridized carbons (Fsp3) is 0.0200. The third-order valence-electron chi connectivity index (χ3n) is 10.8. The van der Waals surface area contributed by atoms with E-state index >= 15 is 0 Å². The summed E-state index contributed by atoms with van der Waals surface area (Å²) in [6.45, 7) is 0. The smallest absolute Gasteiger partial charge is 0.141 e. The normalized spacial score (nSPS) is 12.7. The summed E-state index contributed by atoms with van der Waals surface area (Å²) in [7, 11) is 0. The van der Waals surface area contributed by atoms with E-state index in [1.54, 1.807) is 12.3 Å². The Labute approximate surface area is 308 Å². The topological polar surface area (TPSA) is 49.6 Å². The minimum absolute atomic E-state index is 0.369. The second-order valence-electron chi connectivity index (χ2n) is 13.6. The molecule has 0 aliphatic heterocycles. The number of nitriles is 1. The molecule has 0 fully saturated rings. The monoisotopic (exact) mass is 673 g/mol. The molecule has 0 unspecified atom stereocenters. The molecule has 0 atom stereocenters. The highest BCUT2D eigenvalue weighted by molar-refractivity contribution is 6.10. The van der Waals surface area contributed by atoms with Crippen molar-refractivity contribution in [1.29, 1.82) is 5.26 Å². The van der Waals surface area contributed by atoms with E-state index in [0.29, 0.717) is 5.69 Å². The van der Waals surface area contributed by atoms with Gasteiger partial charge in [0.15, 0.2) is 0 Å². The minimum atomic E-state index is -0.608. The minimum Gasteiger partial charge on any atom is -0.248 e. The zero-order chi connectivity index (χ0) is 35.4. The van der Waals surface area contributed by atoms with E-state index in [0.717, 1.165) is 27.9 Å². The first-order valence-electron chi connectivity index (χ1n) is 17.9. The maximum atomic E-state index is 9.55. The van der Waals surface area contributed by atoms with Gasteiger partial charge in [-0.2, -0.15) is 5.26 Å². The lowest BCUT2D eigenvalue weighted by Crippen LogP contribution is -2.28. The Bertz CT molecular complexity index is 2860. The number of pyridine rings is 2. The lowest BCUT2D eigenvalue weighted by Gasteiger charge is -2.34. The summed E-state index contributed by atoms with van der Waals surface area (Å²) in [6, 6.07) is 67.5. The van der Waals surface area contributed by atoms with Crippen molar-refractivity contribution in [2.45, 2.75) is 5.41 Å². The van der Waals surface area contributed by atoms with Crippen molar-refractivity contribution in [3.63, 3.8) is 0 Å². The molecule has 0 radical (unpaired) electrons. The summed E-state index contributed by atoms with van der Waals surface area (Å²) < 4.78 is 0. The van der Waals surface area contributed by atoms with Crippen LogP contribution in [0.3, 0.4) is 0 Å². The van der Waals surface area contributed by atoms with E-state index in [2.05, 4.69) is 175 Å². The summed E-state index contributed by atoms with van der Waals surface area (Å²) in [4.78, 5) is 9.44. The van der Waals surface area contributed by atoms with Crippen LogP contribution in [0.4, 0.5) is 0 Å². The van der Waals surface area contributed by atoms with E-state index in [1.807, 2.05) is 12.1 Å². The Kier molecular flexibility index (Phi) is 7.09. The zero-order valence-electron chi connectivity index (χ0n) is 28.7. The molecule has 9 aromatic rings. The second kappa shape index (κ2) is 12.3. The van der Waals surface area contributed by atoms with Gasteiger partial charge in [0.05, 0.1) is 16.8 Å². The molecule has 0 bridgehead atoms. The Balaban J connectivity index is 1.29. The first-order chi connectivity index (χ1) is 26.2. The van der Waals surface area contributed by atoms with Crippen molar-refractivity contribution in [2.75, 3.05) is 0 Å². The molecular weight excluding hydrogens is 643 g/mol. The van der Waals surface area contributed by atoms with Crippen molar-refractivity contribution in [1.82, 2.24) is 9.97 Å². The summed E-state index contributed by atoms with van der Waals surface area (Å²) in [6.07, 6.45) is 1.67. The number of rotatable bonds is 5. The third-order valence-corrected chi connectivity index (χ3v) is 10.8. The molecule has 0 saturated heterocycles. The van der Waals surface area contributed by atoms with Gasteiger partial charge in [0.25, 0.3) is 0 Å². The van der Waals surface area contributed by atoms with E-state index in [9.17, 15) is 5.26 Å². The molecule has 0 saturated carbocycles. The SMILES string of the molecule is N#Cc1cc(-c2cccc(-c3cc4c(c5ccccc35)-c3ccc(-c5ccc6ccccc6c5)cc3C4(c3ccccc3)c3ccccc3)n2)ccn1. The van der Waals surface area contributed by atoms with Crippen molar-refractivity contribution < 1.29 is 0 Å². The van der Waals surface area contributed by atoms with E-state index in [-0.39, 0.29) is 0 Å². The van der Waals surface area contributed by atoms with Crippen LogP contribution in [0.2, 0.25) is 0 Å². The van der Waals surface area contributed by atoms with Gasteiger partial charge < -0.3 is 0 Å². The number of hydrogen-bond acceptors (Lipinski definition) is 3. The average molecular weight is 674 g/mol. The van der Waals surface area contributed by atoms with Crippen molar-refractivity contribution in [2.24, 2.45) is 0 Å². The first kappa shape index (κ1) is 30.7. The van der Waals surface area contributed by atoms with Crippen molar-refractivity contribution in [3.05, 3.63) is 216 Å². The number of aromatic nitrogens is 2. The largest absolute Gasteiger partial charge is 0.248 e. The highest BCUT2D eigenvalue weighted by Crippen LogP contribution is 2.59. The molecule has 0 N–H and O–H groups in total. The predicted molar refractivity (Wildman–Crippen MR) is 215 cm³/mol. The molecular formula is C50H31N3. The summed E-state index contributed by atoms with van der Waals surface area (Å²) >= 11 is 0. The molecule has 2 heterocycles. The van der Waals surface area contributed by atoms with Gasteiger partial charge in [-0.15, -0.1) is 0 Å². The van der Waals surface area contributed by atoms with Crippen LogP contribution in [0.1, 0.15) is 27.9 Å². The average Bonchev–Trinajstić information content (AvgIpc) is 3.54. The summed E-state index contributed by atoms with van der Waals surface area (Å²) in [5.41, 5.74) is 13.2. The number of hydrogen-bond donors (Lipinski definition) is 0. The lowest BCUT2D eigenvalue weighted by atomic mass is 9.67. The molecule has 53 heavy (non-hydrogen) atoms. The van der Waals surface area contributed by atoms with Gasteiger partial charge in [0, 0.05) is 17.3 Å². The van der Waals surface area contributed by atoms with Crippen LogP contribution in [0.15, 0.2) is 188 Å². The van der Waals surface area contributed by atoms with Crippen molar-refractivity contribution in [3.8, 4) is 50.8 Å². The first-order valence-corrected chi connectivity index (χ1v) is 17.9. The van der Waals surface area contributed by atoms with Gasteiger partial charge in [-0.05, 0) is 109 Å². The molecule has 0 spiro atoms. The summed E-state index contributed by atoms with van der Waals surface area (Å²) in [5, 5.41) is 14.4. The molecule has 0 amide bonds. The van der Waals surface area contributed by atoms with E-state index in [1.165, 1.54) is 60.7 Å². The molecule has 3 heteroatoms. The van der Waals surface area contributed by atoms with Crippen molar-refractivity contribution >= 4 is 21.5 Å². The van der Waals surface area contributed by atoms with Gasteiger partial charge in [-0.3, -0.25) is 0 Å².